The largest absolute Gasteiger partial charge is 0.497 e. The third-order valence-electron chi connectivity index (χ3n) is 3.36. The third kappa shape index (κ3) is 3.67. The lowest BCUT2D eigenvalue weighted by molar-refractivity contribution is -0.122. The quantitative estimate of drug-likeness (QED) is 0.637. The smallest absolute Gasteiger partial charge is 0.266 e. The molecule has 1 fully saturated rings. The van der Waals surface area contributed by atoms with Crippen LogP contribution in [-0.2, 0) is 17.9 Å². The summed E-state index contributed by atoms with van der Waals surface area (Å²) in [6.07, 6.45) is 1.72. The van der Waals surface area contributed by atoms with Gasteiger partial charge in [0, 0.05) is 5.38 Å². The van der Waals surface area contributed by atoms with Gasteiger partial charge in [-0.2, -0.15) is 0 Å². The van der Waals surface area contributed by atoms with Crippen molar-refractivity contribution in [3.63, 3.8) is 0 Å². The second kappa shape index (κ2) is 7.43. The normalized spacial score (nSPS) is 16.2. The Morgan fingerprint density at radius 3 is 2.75 bits per heavy atom. The Balaban J connectivity index is 1.75. The lowest BCUT2D eigenvalue weighted by Gasteiger charge is -2.14. The maximum Gasteiger partial charge on any atom is 0.266 e. The number of thiazole rings is 1. The van der Waals surface area contributed by atoms with Gasteiger partial charge in [-0.05, 0) is 23.8 Å². The summed E-state index contributed by atoms with van der Waals surface area (Å²) >= 11 is 7.99. The number of methoxy groups -OCH3 is 1. The summed E-state index contributed by atoms with van der Waals surface area (Å²) in [6.45, 7) is 0.314. The monoisotopic (exact) mass is 378 g/mol. The molecule has 2 aromatic rings. The van der Waals surface area contributed by atoms with Gasteiger partial charge >= 0.3 is 0 Å². The number of nitrogens with zero attached hydrogens (tertiary/aromatic N) is 2. The maximum atomic E-state index is 12.6. The van der Waals surface area contributed by atoms with Crippen LogP contribution >= 0.6 is 35.3 Å². The zero-order chi connectivity index (χ0) is 17.1. The fourth-order valence-corrected chi connectivity index (χ4v) is 4.17. The van der Waals surface area contributed by atoms with Gasteiger partial charge in [-0.15, -0.1) is 11.3 Å². The van der Waals surface area contributed by atoms with Gasteiger partial charge in [0.15, 0.2) is 0 Å². The Morgan fingerprint density at radius 1 is 1.38 bits per heavy atom. The highest BCUT2D eigenvalue weighted by Gasteiger charge is 2.32. The van der Waals surface area contributed by atoms with E-state index in [-0.39, 0.29) is 12.5 Å². The highest BCUT2D eigenvalue weighted by Crippen LogP contribution is 2.34. The number of carbonyl (C=O) groups is 1. The molecule has 0 unspecified atom stereocenters. The summed E-state index contributed by atoms with van der Waals surface area (Å²) < 4.78 is 5.66. The highest BCUT2D eigenvalue weighted by molar-refractivity contribution is 8.26. The summed E-state index contributed by atoms with van der Waals surface area (Å²) in [5.41, 5.74) is 1.57. The van der Waals surface area contributed by atoms with Crippen molar-refractivity contribution in [2.45, 2.75) is 13.2 Å². The van der Waals surface area contributed by atoms with E-state index in [0.29, 0.717) is 26.5 Å². The highest BCUT2D eigenvalue weighted by atomic mass is 32.2. The minimum Gasteiger partial charge on any atom is -0.497 e. The van der Waals surface area contributed by atoms with E-state index in [4.69, 9.17) is 22.1 Å². The molecule has 1 aromatic heterocycles. The van der Waals surface area contributed by atoms with Crippen molar-refractivity contribution in [2.24, 2.45) is 0 Å². The molecule has 0 aliphatic carbocycles. The SMILES string of the molecule is COc1ccc(CN2C(=O)/C(=C/c3nc(CO)cs3)SC2=S)cc1. The van der Waals surface area contributed by atoms with Crippen molar-refractivity contribution in [2.75, 3.05) is 7.11 Å². The van der Waals surface area contributed by atoms with E-state index in [2.05, 4.69) is 4.98 Å². The fourth-order valence-electron chi connectivity index (χ4n) is 2.12. The molecule has 2 heterocycles. The van der Waals surface area contributed by atoms with E-state index in [9.17, 15) is 4.79 Å². The molecule has 5 nitrogen and oxygen atoms in total. The molecule has 1 amide bonds. The van der Waals surface area contributed by atoms with Crippen LogP contribution in [0.2, 0.25) is 0 Å². The number of aliphatic hydroxyl groups is 1. The zero-order valence-electron chi connectivity index (χ0n) is 12.8. The fraction of sp³-hybridized carbons (Fsp3) is 0.188. The Bertz CT molecular complexity index is 799. The van der Waals surface area contributed by atoms with Crippen LogP contribution in [0, 0.1) is 0 Å². The van der Waals surface area contributed by atoms with E-state index < -0.39 is 0 Å². The van der Waals surface area contributed by atoms with Crippen LogP contribution in [-0.4, -0.2) is 32.3 Å². The standard InChI is InChI=1S/C16H14N2O3S3/c1-21-12-4-2-10(3-5-12)7-18-15(20)13(24-16(18)22)6-14-17-11(8-19)9-23-14/h2-6,9,19H,7-8H2,1H3/b13-6-. The second-order valence-corrected chi connectivity index (χ2v) is 7.52. The summed E-state index contributed by atoms with van der Waals surface area (Å²) in [4.78, 5) is 18.9. The Kier molecular flexibility index (Phi) is 5.30. The molecule has 0 bridgehead atoms. The number of thioether (sulfide) groups is 1. The molecule has 0 saturated carbocycles. The van der Waals surface area contributed by atoms with Crippen molar-refractivity contribution < 1.29 is 14.6 Å². The van der Waals surface area contributed by atoms with Gasteiger partial charge in [-0.1, -0.05) is 36.1 Å². The molecule has 1 aromatic carbocycles. The van der Waals surface area contributed by atoms with Crippen molar-refractivity contribution in [1.29, 1.82) is 0 Å². The molecule has 1 aliphatic rings. The first-order valence-electron chi connectivity index (χ1n) is 7.04. The Hall–Kier alpha value is -1.74. The van der Waals surface area contributed by atoms with E-state index in [0.717, 1.165) is 11.3 Å². The van der Waals surface area contributed by atoms with Crippen LogP contribution in [0.15, 0.2) is 34.6 Å². The van der Waals surface area contributed by atoms with Gasteiger partial charge in [0.25, 0.3) is 5.91 Å². The number of amides is 1. The molecule has 1 saturated heterocycles. The van der Waals surface area contributed by atoms with Crippen molar-refractivity contribution in [3.8, 4) is 5.75 Å². The average molecular weight is 379 g/mol. The van der Waals surface area contributed by atoms with Crippen LogP contribution in [0.25, 0.3) is 6.08 Å². The first kappa shape index (κ1) is 17.1. The molecular formula is C16H14N2O3S3. The van der Waals surface area contributed by atoms with E-state index in [1.54, 1.807) is 23.5 Å². The van der Waals surface area contributed by atoms with Gasteiger partial charge < -0.3 is 9.84 Å². The minimum absolute atomic E-state index is 0.108. The summed E-state index contributed by atoms with van der Waals surface area (Å²) in [7, 11) is 1.61. The summed E-state index contributed by atoms with van der Waals surface area (Å²) in [5, 5.41) is 11.5. The molecule has 0 spiro atoms. The molecule has 8 heteroatoms. The number of hydrogen-bond donors (Lipinski definition) is 1. The number of aromatic nitrogens is 1. The first-order chi connectivity index (χ1) is 11.6. The van der Waals surface area contributed by atoms with Gasteiger partial charge in [0.2, 0.25) is 0 Å². The topological polar surface area (TPSA) is 62.7 Å². The molecule has 24 heavy (non-hydrogen) atoms. The number of carbonyl (C=O) groups excluding carboxylic acids is 1. The molecule has 124 valence electrons. The summed E-state index contributed by atoms with van der Waals surface area (Å²) in [6, 6.07) is 7.54. The average Bonchev–Trinajstić information content (AvgIpc) is 3.15. The van der Waals surface area contributed by atoms with E-state index in [1.807, 2.05) is 24.3 Å². The van der Waals surface area contributed by atoms with Crippen LogP contribution in [0.1, 0.15) is 16.3 Å². The number of benzene rings is 1. The van der Waals surface area contributed by atoms with Gasteiger partial charge in [-0.25, -0.2) is 4.98 Å². The maximum absolute atomic E-state index is 12.6. The molecule has 0 atom stereocenters. The Morgan fingerprint density at radius 2 is 2.12 bits per heavy atom. The number of thiocarbonyl (C=S) groups is 1. The minimum atomic E-state index is -0.124. The van der Waals surface area contributed by atoms with Crippen molar-refractivity contribution in [3.05, 3.63) is 50.8 Å². The second-order valence-electron chi connectivity index (χ2n) is 4.95. The lowest BCUT2D eigenvalue weighted by Crippen LogP contribution is -2.27. The van der Waals surface area contributed by atoms with Crippen molar-refractivity contribution in [1.82, 2.24) is 9.88 Å². The number of rotatable bonds is 5. The summed E-state index contributed by atoms with van der Waals surface area (Å²) in [5.74, 6) is 0.647. The van der Waals surface area contributed by atoms with Crippen LogP contribution in [0.3, 0.4) is 0 Å². The van der Waals surface area contributed by atoms with Gasteiger partial charge in [0.1, 0.15) is 15.1 Å². The number of aliphatic hydroxyl groups excluding tert-OH is 1. The number of hydrogen-bond acceptors (Lipinski definition) is 7. The van der Waals surface area contributed by atoms with Crippen LogP contribution in [0.4, 0.5) is 0 Å². The van der Waals surface area contributed by atoms with Gasteiger partial charge in [-0.3, -0.25) is 9.69 Å². The van der Waals surface area contributed by atoms with Crippen molar-refractivity contribution >= 4 is 51.6 Å². The zero-order valence-corrected chi connectivity index (χ0v) is 15.2. The van der Waals surface area contributed by atoms with Gasteiger partial charge in [0.05, 0.1) is 30.9 Å². The molecular weight excluding hydrogens is 364 g/mol. The van der Waals surface area contributed by atoms with E-state index >= 15 is 0 Å². The molecule has 1 N–H and O–H groups in total. The lowest BCUT2D eigenvalue weighted by atomic mass is 10.2. The first-order valence-corrected chi connectivity index (χ1v) is 9.14. The third-order valence-corrected chi connectivity index (χ3v) is 5.58. The number of ether oxygens (including phenoxy) is 1. The molecule has 0 radical (unpaired) electrons. The predicted molar refractivity (Wildman–Crippen MR) is 99.7 cm³/mol. The Labute approximate surface area is 153 Å². The van der Waals surface area contributed by atoms with Crippen LogP contribution in [0.5, 0.6) is 5.75 Å². The molecule has 1 aliphatic heterocycles. The molecule has 3 rings (SSSR count). The van der Waals surface area contributed by atoms with Crippen LogP contribution < -0.4 is 4.74 Å². The predicted octanol–water partition coefficient (Wildman–Crippen LogP) is 3.05. The van der Waals surface area contributed by atoms with E-state index in [1.165, 1.54) is 23.1 Å².